The van der Waals surface area contributed by atoms with Gasteiger partial charge in [0.15, 0.2) is 0 Å². The molecule has 0 saturated carbocycles. The number of hydrogen-bond acceptors (Lipinski definition) is 2. The van der Waals surface area contributed by atoms with Crippen LogP contribution in [0.3, 0.4) is 0 Å². The Balaban J connectivity index is 2.00. The maximum atomic E-state index is 6.31. The summed E-state index contributed by atoms with van der Waals surface area (Å²) in [5.74, 6) is 0.565. The van der Waals surface area contributed by atoms with Crippen molar-refractivity contribution in [3.05, 3.63) is 33.8 Å². The van der Waals surface area contributed by atoms with Crippen molar-refractivity contribution < 1.29 is 0 Å². The number of hydrogen-bond donors (Lipinski definition) is 0. The minimum Gasteiger partial charge on any atom is -0.294 e. The molecule has 0 N–H and O–H groups in total. The zero-order valence-electron chi connectivity index (χ0n) is 11.9. The molecule has 1 unspecified atom stereocenters. The summed E-state index contributed by atoms with van der Waals surface area (Å²) in [4.78, 5) is 4.79. The first-order valence-electron chi connectivity index (χ1n) is 6.84. The summed E-state index contributed by atoms with van der Waals surface area (Å²) in [6.07, 6.45) is 2.83. The molecule has 1 aromatic carbocycles. The van der Waals surface area contributed by atoms with Crippen LogP contribution in [-0.2, 0) is 0 Å². The van der Waals surface area contributed by atoms with E-state index in [1.54, 1.807) is 0 Å². The van der Waals surface area contributed by atoms with Gasteiger partial charge in [-0.15, -0.1) is 0 Å². The molecule has 0 radical (unpaired) electrons. The molecule has 0 aromatic heterocycles. The highest BCUT2D eigenvalue weighted by Crippen LogP contribution is 2.34. The summed E-state index contributed by atoms with van der Waals surface area (Å²) in [5, 5.41) is 1.53. The average molecular weight is 301 g/mol. The molecule has 0 amide bonds. The number of benzene rings is 1. The lowest BCUT2D eigenvalue weighted by Gasteiger charge is -2.39. The Labute approximate surface area is 126 Å². The Morgan fingerprint density at radius 2 is 1.84 bits per heavy atom. The van der Waals surface area contributed by atoms with Crippen molar-refractivity contribution in [2.75, 3.05) is 27.2 Å². The van der Waals surface area contributed by atoms with Gasteiger partial charge in [-0.3, -0.25) is 9.80 Å². The SMILES string of the molecule is CC(N(C)C)N1CCC(c2ccc(Cl)cc2Cl)CC1. The predicted octanol–water partition coefficient (Wildman–Crippen LogP) is 4.08. The Bertz CT molecular complexity index is 426. The first kappa shape index (κ1) is 15.1. The van der Waals surface area contributed by atoms with E-state index in [0.717, 1.165) is 18.1 Å². The van der Waals surface area contributed by atoms with Crippen molar-refractivity contribution in [1.29, 1.82) is 0 Å². The first-order valence-corrected chi connectivity index (χ1v) is 7.60. The van der Waals surface area contributed by atoms with E-state index in [0.29, 0.717) is 17.1 Å². The zero-order chi connectivity index (χ0) is 14.0. The molecule has 4 heteroatoms. The second kappa shape index (κ2) is 6.45. The van der Waals surface area contributed by atoms with E-state index in [9.17, 15) is 0 Å². The van der Waals surface area contributed by atoms with E-state index < -0.39 is 0 Å². The van der Waals surface area contributed by atoms with Gasteiger partial charge in [0, 0.05) is 23.1 Å². The maximum Gasteiger partial charge on any atom is 0.0588 e. The van der Waals surface area contributed by atoms with Crippen LogP contribution < -0.4 is 0 Å². The van der Waals surface area contributed by atoms with Gasteiger partial charge in [0.1, 0.15) is 0 Å². The number of halogens is 2. The lowest BCUT2D eigenvalue weighted by atomic mass is 9.89. The molecule has 1 heterocycles. The van der Waals surface area contributed by atoms with Crippen molar-refractivity contribution in [2.45, 2.75) is 31.8 Å². The average Bonchev–Trinajstić information content (AvgIpc) is 2.38. The van der Waals surface area contributed by atoms with Gasteiger partial charge < -0.3 is 0 Å². The molecular formula is C15H22Cl2N2. The van der Waals surface area contributed by atoms with Crippen molar-refractivity contribution in [1.82, 2.24) is 9.80 Å². The standard InChI is InChI=1S/C15H22Cl2N2/c1-11(18(2)3)19-8-6-12(7-9-19)14-5-4-13(16)10-15(14)17/h4-5,10-12H,6-9H2,1-3H3. The van der Waals surface area contributed by atoms with Crippen LogP contribution in [0, 0.1) is 0 Å². The molecule has 1 fully saturated rings. The molecule has 0 bridgehead atoms. The van der Waals surface area contributed by atoms with Crippen LogP contribution in [0.4, 0.5) is 0 Å². The van der Waals surface area contributed by atoms with Crippen molar-refractivity contribution in [3.63, 3.8) is 0 Å². The number of rotatable bonds is 3. The summed E-state index contributed by atoms with van der Waals surface area (Å²) in [6.45, 7) is 4.52. The minimum absolute atomic E-state index is 0.502. The summed E-state index contributed by atoms with van der Waals surface area (Å²) >= 11 is 12.3. The molecule has 1 aliphatic heterocycles. The van der Waals surface area contributed by atoms with E-state index in [-0.39, 0.29) is 0 Å². The van der Waals surface area contributed by atoms with Gasteiger partial charge in [0.2, 0.25) is 0 Å². The van der Waals surface area contributed by atoms with Crippen LogP contribution in [-0.4, -0.2) is 43.2 Å². The van der Waals surface area contributed by atoms with E-state index in [2.05, 4.69) is 36.9 Å². The van der Waals surface area contributed by atoms with Crippen LogP contribution in [0.1, 0.15) is 31.2 Å². The molecule has 1 atom stereocenters. The van der Waals surface area contributed by atoms with Gasteiger partial charge >= 0.3 is 0 Å². The highest BCUT2D eigenvalue weighted by molar-refractivity contribution is 6.35. The molecule has 1 aromatic rings. The maximum absolute atomic E-state index is 6.31. The number of likely N-dealkylation sites (tertiary alicyclic amines) is 1. The molecule has 106 valence electrons. The van der Waals surface area contributed by atoms with E-state index in [1.807, 2.05) is 12.1 Å². The number of nitrogens with zero attached hydrogens (tertiary/aromatic N) is 2. The summed E-state index contributed by atoms with van der Waals surface area (Å²) in [5.41, 5.74) is 1.25. The molecular weight excluding hydrogens is 279 g/mol. The van der Waals surface area contributed by atoms with Crippen LogP contribution in [0.2, 0.25) is 10.0 Å². The third-order valence-corrected chi connectivity index (χ3v) is 4.77. The smallest absolute Gasteiger partial charge is 0.0588 e. The van der Waals surface area contributed by atoms with E-state index >= 15 is 0 Å². The van der Waals surface area contributed by atoms with Gasteiger partial charge in [0.25, 0.3) is 0 Å². The lowest BCUT2D eigenvalue weighted by molar-refractivity contribution is 0.0696. The zero-order valence-corrected chi connectivity index (χ0v) is 13.4. The summed E-state index contributed by atoms with van der Waals surface area (Å²) in [7, 11) is 4.26. The monoisotopic (exact) mass is 300 g/mol. The van der Waals surface area contributed by atoms with Gasteiger partial charge in [0.05, 0.1) is 6.17 Å². The second-order valence-electron chi connectivity index (χ2n) is 5.57. The van der Waals surface area contributed by atoms with Crippen LogP contribution in [0.25, 0.3) is 0 Å². The molecule has 2 rings (SSSR count). The van der Waals surface area contributed by atoms with Crippen LogP contribution in [0.5, 0.6) is 0 Å². The molecule has 19 heavy (non-hydrogen) atoms. The van der Waals surface area contributed by atoms with Crippen molar-refractivity contribution >= 4 is 23.2 Å². The Hall–Kier alpha value is -0.280. The predicted molar refractivity (Wildman–Crippen MR) is 83.2 cm³/mol. The molecule has 2 nitrogen and oxygen atoms in total. The molecule has 0 aliphatic carbocycles. The molecule has 1 aliphatic rings. The summed E-state index contributed by atoms with van der Waals surface area (Å²) < 4.78 is 0. The Morgan fingerprint density at radius 1 is 1.21 bits per heavy atom. The number of piperidine rings is 1. The van der Waals surface area contributed by atoms with Gasteiger partial charge in [-0.25, -0.2) is 0 Å². The highest BCUT2D eigenvalue weighted by Gasteiger charge is 2.25. The van der Waals surface area contributed by atoms with Crippen molar-refractivity contribution in [3.8, 4) is 0 Å². The molecule has 1 saturated heterocycles. The first-order chi connectivity index (χ1) is 8.99. The summed E-state index contributed by atoms with van der Waals surface area (Å²) in [6, 6.07) is 5.88. The topological polar surface area (TPSA) is 6.48 Å². The lowest BCUT2D eigenvalue weighted by Crippen LogP contribution is -2.46. The van der Waals surface area contributed by atoms with Gasteiger partial charge in [-0.2, -0.15) is 0 Å². The third-order valence-electron chi connectivity index (χ3n) is 4.21. The van der Waals surface area contributed by atoms with E-state index in [4.69, 9.17) is 23.2 Å². The normalized spacial score (nSPS) is 19.9. The van der Waals surface area contributed by atoms with Crippen molar-refractivity contribution in [2.24, 2.45) is 0 Å². The fraction of sp³-hybridized carbons (Fsp3) is 0.600. The largest absolute Gasteiger partial charge is 0.294 e. The fourth-order valence-corrected chi connectivity index (χ4v) is 3.31. The second-order valence-corrected chi connectivity index (χ2v) is 6.42. The van der Waals surface area contributed by atoms with Gasteiger partial charge in [-0.05, 0) is 57.5 Å². The van der Waals surface area contributed by atoms with Crippen LogP contribution in [0.15, 0.2) is 18.2 Å². The quantitative estimate of drug-likeness (QED) is 0.830. The minimum atomic E-state index is 0.502. The fourth-order valence-electron chi connectivity index (χ4n) is 2.74. The van der Waals surface area contributed by atoms with E-state index in [1.165, 1.54) is 18.4 Å². The Morgan fingerprint density at radius 3 is 2.37 bits per heavy atom. The Kier molecular flexibility index (Phi) is 5.13. The highest BCUT2D eigenvalue weighted by atomic mass is 35.5. The molecule has 0 spiro atoms. The third kappa shape index (κ3) is 3.63. The van der Waals surface area contributed by atoms with Crippen LogP contribution >= 0.6 is 23.2 Å². The van der Waals surface area contributed by atoms with Gasteiger partial charge in [-0.1, -0.05) is 29.3 Å².